The second kappa shape index (κ2) is 6.44. The monoisotopic (exact) mass is 301 g/mol. The molecule has 0 aromatic heterocycles. The second-order valence-electron chi connectivity index (χ2n) is 4.41. The van der Waals surface area contributed by atoms with E-state index in [1.165, 1.54) is 0 Å². The van der Waals surface area contributed by atoms with Crippen molar-refractivity contribution in [3.63, 3.8) is 0 Å². The van der Waals surface area contributed by atoms with Gasteiger partial charge in [0.25, 0.3) is 10.0 Å². The predicted molar refractivity (Wildman–Crippen MR) is 82.4 cm³/mol. The Morgan fingerprint density at radius 1 is 1.10 bits per heavy atom. The van der Waals surface area contributed by atoms with E-state index in [4.69, 9.17) is 5.11 Å². The number of aryl methyl sites for hydroxylation is 1. The van der Waals surface area contributed by atoms with Crippen molar-refractivity contribution in [1.29, 1.82) is 0 Å². The average Bonchev–Trinajstić information content (AvgIpc) is 2.46. The fourth-order valence-corrected chi connectivity index (χ4v) is 3.14. The van der Waals surface area contributed by atoms with Crippen molar-refractivity contribution in [2.75, 3.05) is 11.3 Å². The average molecular weight is 301 g/mol. The summed E-state index contributed by atoms with van der Waals surface area (Å²) >= 11 is 0. The summed E-state index contributed by atoms with van der Waals surface area (Å²) in [6, 6.07) is 13.5. The van der Waals surface area contributed by atoms with Gasteiger partial charge in [-0.2, -0.15) is 0 Å². The lowest BCUT2D eigenvalue weighted by molar-refractivity contribution is 0.350. The zero-order valence-electron chi connectivity index (χ0n) is 11.5. The molecule has 2 N–H and O–H groups in total. The third-order valence-corrected chi connectivity index (χ3v) is 4.37. The van der Waals surface area contributed by atoms with Crippen LogP contribution in [0.5, 0.6) is 0 Å². The normalized spacial score (nSPS) is 10.6. The maximum atomic E-state index is 12.3. The lowest BCUT2D eigenvalue weighted by atomic mass is 10.2. The first-order valence-corrected chi connectivity index (χ1v) is 7.79. The van der Waals surface area contributed by atoms with E-state index in [1.807, 2.05) is 0 Å². The molecule has 21 heavy (non-hydrogen) atoms. The Morgan fingerprint density at radius 2 is 1.76 bits per heavy atom. The number of aliphatic hydroxyl groups is 1. The number of aliphatic hydroxyl groups excluding tert-OH is 1. The van der Waals surface area contributed by atoms with E-state index in [2.05, 4.69) is 16.6 Å². The van der Waals surface area contributed by atoms with Gasteiger partial charge in [-0.15, -0.1) is 0 Å². The van der Waals surface area contributed by atoms with E-state index in [1.54, 1.807) is 55.5 Å². The molecule has 0 saturated heterocycles. The second-order valence-corrected chi connectivity index (χ2v) is 6.06. The van der Waals surface area contributed by atoms with Crippen molar-refractivity contribution >= 4 is 15.7 Å². The van der Waals surface area contributed by atoms with E-state index in [9.17, 15) is 8.42 Å². The van der Waals surface area contributed by atoms with Gasteiger partial charge < -0.3 is 5.11 Å². The summed E-state index contributed by atoms with van der Waals surface area (Å²) in [5.74, 6) is 5.28. The molecule has 0 heterocycles. The number of sulfonamides is 1. The van der Waals surface area contributed by atoms with Crippen LogP contribution in [0.25, 0.3) is 0 Å². The summed E-state index contributed by atoms with van der Waals surface area (Å²) in [6.45, 7) is 1.55. The summed E-state index contributed by atoms with van der Waals surface area (Å²) in [7, 11) is -3.60. The molecule has 0 amide bonds. The molecule has 2 rings (SSSR count). The van der Waals surface area contributed by atoms with Crippen LogP contribution in [0.3, 0.4) is 0 Å². The van der Waals surface area contributed by atoms with E-state index >= 15 is 0 Å². The molecular formula is C16H15NO3S. The Bertz CT molecular complexity index is 784. The first-order valence-electron chi connectivity index (χ1n) is 6.31. The quantitative estimate of drug-likeness (QED) is 0.854. The van der Waals surface area contributed by atoms with Crippen LogP contribution >= 0.6 is 0 Å². The molecule has 0 radical (unpaired) electrons. The van der Waals surface area contributed by atoms with Crippen molar-refractivity contribution in [3.05, 3.63) is 59.7 Å². The van der Waals surface area contributed by atoms with E-state index < -0.39 is 10.0 Å². The lowest BCUT2D eigenvalue weighted by Gasteiger charge is -2.10. The summed E-state index contributed by atoms with van der Waals surface area (Å²) in [4.78, 5) is 0.258. The number of rotatable bonds is 3. The molecule has 0 atom stereocenters. The smallest absolute Gasteiger partial charge is 0.262 e. The molecule has 2 aromatic carbocycles. The van der Waals surface area contributed by atoms with Crippen molar-refractivity contribution < 1.29 is 13.5 Å². The van der Waals surface area contributed by atoms with Gasteiger partial charge in [0, 0.05) is 11.3 Å². The highest BCUT2D eigenvalue weighted by Crippen LogP contribution is 2.19. The molecule has 2 aromatic rings. The Morgan fingerprint density at radius 3 is 2.38 bits per heavy atom. The molecule has 0 spiro atoms. The van der Waals surface area contributed by atoms with Crippen LogP contribution in [0.2, 0.25) is 0 Å². The standard InChI is InChI=1S/C16H15NO3S/c1-13-5-2-3-7-16(13)21(19,20)17-15-10-8-14(9-11-15)6-4-12-18/h2-3,5,7-11,17-18H,12H2,1H3. The Hall–Kier alpha value is -2.29. The fraction of sp³-hybridized carbons (Fsp3) is 0.125. The van der Waals surface area contributed by atoms with Crippen LogP contribution in [0, 0.1) is 18.8 Å². The van der Waals surface area contributed by atoms with Gasteiger partial charge in [-0.3, -0.25) is 4.72 Å². The Kier molecular flexibility index (Phi) is 4.63. The number of benzene rings is 2. The molecule has 0 aliphatic carbocycles. The van der Waals surface area contributed by atoms with Gasteiger partial charge >= 0.3 is 0 Å². The van der Waals surface area contributed by atoms with Gasteiger partial charge in [0.1, 0.15) is 6.61 Å². The molecule has 5 heteroatoms. The van der Waals surface area contributed by atoms with Crippen LogP contribution in [-0.2, 0) is 10.0 Å². The molecule has 0 unspecified atom stereocenters. The summed E-state index contributed by atoms with van der Waals surface area (Å²) < 4.78 is 27.1. The lowest BCUT2D eigenvalue weighted by Crippen LogP contribution is -2.14. The van der Waals surface area contributed by atoms with Crippen molar-refractivity contribution in [1.82, 2.24) is 0 Å². The molecule has 108 valence electrons. The van der Waals surface area contributed by atoms with Crippen LogP contribution in [-0.4, -0.2) is 20.1 Å². The maximum Gasteiger partial charge on any atom is 0.262 e. The first kappa shape index (κ1) is 15.1. The van der Waals surface area contributed by atoms with Gasteiger partial charge in [-0.1, -0.05) is 30.0 Å². The Labute approximate surface area is 124 Å². The molecular weight excluding hydrogens is 286 g/mol. The van der Waals surface area contributed by atoms with Crippen molar-refractivity contribution in [2.24, 2.45) is 0 Å². The van der Waals surface area contributed by atoms with E-state index in [0.717, 1.165) is 0 Å². The zero-order chi connectivity index (χ0) is 15.3. The number of nitrogens with one attached hydrogen (secondary N) is 1. The SMILES string of the molecule is Cc1ccccc1S(=O)(=O)Nc1ccc(C#CCO)cc1. The topological polar surface area (TPSA) is 66.4 Å². The molecule has 0 bridgehead atoms. The maximum absolute atomic E-state index is 12.3. The summed E-state index contributed by atoms with van der Waals surface area (Å²) in [5.41, 5.74) is 1.87. The van der Waals surface area contributed by atoms with Crippen LogP contribution in [0.4, 0.5) is 5.69 Å². The van der Waals surface area contributed by atoms with Gasteiger partial charge in [-0.05, 0) is 42.8 Å². The van der Waals surface area contributed by atoms with Gasteiger partial charge in [0.15, 0.2) is 0 Å². The highest BCUT2D eigenvalue weighted by molar-refractivity contribution is 7.92. The predicted octanol–water partition coefficient (Wildman–Crippen LogP) is 2.14. The molecule has 0 saturated carbocycles. The largest absolute Gasteiger partial charge is 0.384 e. The van der Waals surface area contributed by atoms with Crippen molar-refractivity contribution in [3.8, 4) is 11.8 Å². The van der Waals surface area contributed by atoms with Crippen LogP contribution < -0.4 is 4.72 Å². The van der Waals surface area contributed by atoms with Crippen molar-refractivity contribution in [2.45, 2.75) is 11.8 Å². The summed E-state index contributed by atoms with van der Waals surface area (Å²) in [6.07, 6.45) is 0. The fourth-order valence-electron chi connectivity index (χ4n) is 1.83. The molecule has 4 nitrogen and oxygen atoms in total. The van der Waals surface area contributed by atoms with Crippen LogP contribution in [0.15, 0.2) is 53.4 Å². The van der Waals surface area contributed by atoms with Gasteiger partial charge in [-0.25, -0.2) is 8.42 Å². The third kappa shape index (κ3) is 3.85. The number of hydrogen-bond acceptors (Lipinski definition) is 3. The zero-order valence-corrected chi connectivity index (χ0v) is 12.3. The molecule has 0 aliphatic heterocycles. The van der Waals surface area contributed by atoms with Gasteiger partial charge in [0.05, 0.1) is 4.90 Å². The number of anilines is 1. The highest BCUT2D eigenvalue weighted by Gasteiger charge is 2.15. The minimum absolute atomic E-state index is 0.207. The minimum atomic E-state index is -3.60. The minimum Gasteiger partial charge on any atom is -0.384 e. The van der Waals surface area contributed by atoms with Gasteiger partial charge in [0.2, 0.25) is 0 Å². The molecule has 0 fully saturated rings. The summed E-state index contributed by atoms with van der Waals surface area (Å²) in [5, 5.41) is 8.62. The van der Waals surface area contributed by atoms with E-state index in [0.29, 0.717) is 16.8 Å². The Balaban J connectivity index is 2.23. The van der Waals surface area contributed by atoms with E-state index in [-0.39, 0.29) is 11.5 Å². The molecule has 0 aliphatic rings. The highest BCUT2D eigenvalue weighted by atomic mass is 32.2. The number of hydrogen-bond donors (Lipinski definition) is 2. The third-order valence-electron chi connectivity index (χ3n) is 2.83. The first-order chi connectivity index (χ1) is 10.0. The van der Waals surface area contributed by atoms with Crippen LogP contribution in [0.1, 0.15) is 11.1 Å².